The van der Waals surface area contributed by atoms with Crippen molar-refractivity contribution in [1.29, 1.82) is 0 Å². The standard InChI is InChI=1S/C23H21F3N6O2/c24-23(25,26)16-5-2-1-4-15(16)17-7-8-20-28-14-19(32(20)30-17)22(33)29-18-6-3-9-27-21(18)31-10-12-34-13-11-31/h1-8,14,27H,9-13H2,(H,29,33). The SMILES string of the molecule is O=C(NC1=C(N2CCOCC2)NCC=C1)c1cnc2ccc(-c3ccccc3C(F)(F)F)nn12. The fraction of sp³-hybridized carbons (Fsp3) is 0.261. The Bertz CT molecular complexity index is 1290. The first kappa shape index (κ1) is 22.0. The van der Waals surface area contributed by atoms with E-state index >= 15 is 0 Å². The maximum absolute atomic E-state index is 13.5. The summed E-state index contributed by atoms with van der Waals surface area (Å²) < 4.78 is 47.2. The predicted octanol–water partition coefficient (Wildman–Crippen LogP) is 2.81. The number of aromatic nitrogens is 3. The van der Waals surface area contributed by atoms with Crippen LogP contribution in [0.5, 0.6) is 0 Å². The van der Waals surface area contributed by atoms with Gasteiger partial charge >= 0.3 is 6.18 Å². The van der Waals surface area contributed by atoms with Crippen LogP contribution in [0.15, 0.2) is 66.3 Å². The Morgan fingerprint density at radius 1 is 1.12 bits per heavy atom. The van der Waals surface area contributed by atoms with Gasteiger partial charge in [-0.05, 0) is 24.3 Å². The summed E-state index contributed by atoms with van der Waals surface area (Å²) in [6, 6.07) is 8.19. The van der Waals surface area contributed by atoms with Crippen molar-refractivity contribution in [1.82, 2.24) is 30.1 Å². The molecular formula is C23H21F3N6O2. The molecule has 1 fully saturated rings. The molecule has 2 aliphatic heterocycles. The van der Waals surface area contributed by atoms with Gasteiger partial charge in [0, 0.05) is 25.2 Å². The number of ether oxygens (including phenoxy) is 1. The second-order valence-electron chi connectivity index (χ2n) is 7.77. The highest BCUT2D eigenvalue weighted by atomic mass is 19.4. The van der Waals surface area contributed by atoms with E-state index in [2.05, 4.69) is 25.6 Å². The van der Waals surface area contributed by atoms with Gasteiger partial charge in [-0.1, -0.05) is 24.3 Å². The lowest BCUT2D eigenvalue weighted by Crippen LogP contribution is -2.44. The van der Waals surface area contributed by atoms with E-state index in [4.69, 9.17) is 4.74 Å². The number of dihydropyridines is 1. The molecule has 4 heterocycles. The molecule has 11 heteroatoms. The minimum Gasteiger partial charge on any atom is -0.378 e. The fourth-order valence-corrected chi connectivity index (χ4v) is 3.99. The van der Waals surface area contributed by atoms with E-state index in [0.29, 0.717) is 44.2 Å². The number of nitrogens with one attached hydrogen (secondary N) is 2. The molecule has 176 valence electrons. The van der Waals surface area contributed by atoms with Gasteiger partial charge in [0.15, 0.2) is 11.3 Å². The highest BCUT2D eigenvalue weighted by Crippen LogP contribution is 2.36. The molecule has 34 heavy (non-hydrogen) atoms. The van der Waals surface area contributed by atoms with Gasteiger partial charge in [0.05, 0.1) is 36.4 Å². The lowest BCUT2D eigenvalue weighted by molar-refractivity contribution is -0.137. The van der Waals surface area contributed by atoms with Crippen molar-refractivity contribution in [3.05, 3.63) is 77.5 Å². The molecule has 0 radical (unpaired) electrons. The highest BCUT2D eigenvalue weighted by Gasteiger charge is 2.34. The van der Waals surface area contributed by atoms with Gasteiger partial charge < -0.3 is 20.3 Å². The average Bonchev–Trinajstić information content (AvgIpc) is 3.28. The third-order valence-corrected chi connectivity index (χ3v) is 5.61. The Labute approximate surface area is 192 Å². The lowest BCUT2D eigenvalue weighted by atomic mass is 10.0. The van der Waals surface area contributed by atoms with Gasteiger partial charge in [-0.3, -0.25) is 4.79 Å². The van der Waals surface area contributed by atoms with Crippen LogP contribution < -0.4 is 10.6 Å². The van der Waals surface area contributed by atoms with Crippen molar-refractivity contribution in [3.8, 4) is 11.3 Å². The number of fused-ring (bicyclic) bond motifs is 1. The molecule has 0 unspecified atom stereocenters. The summed E-state index contributed by atoms with van der Waals surface area (Å²) in [5.41, 5.74) is 0.249. The molecule has 0 aliphatic carbocycles. The quantitative estimate of drug-likeness (QED) is 0.610. The van der Waals surface area contributed by atoms with E-state index in [9.17, 15) is 18.0 Å². The van der Waals surface area contributed by atoms with E-state index in [-0.39, 0.29) is 17.0 Å². The Balaban J connectivity index is 1.49. The molecule has 0 saturated carbocycles. The summed E-state index contributed by atoms with van der Waals surface area (Å²) in [5, 5.41) is 10.5. The van der Waals surface area contributed by atoms with Gasteiger partial charge in [-0.15, -0.1) is 0 Å². The van der Waals surface area contributed by atoms with Crippen molar-refractivity contribution >= 4 is 11.6 Å². The largest absolute Gasteiger partial charge is 0.417 e. The van der Waals surface area contributed by atoms with Gasteiger partial charge in [0.2, 0.25) is 0 Å². The summed E-state index contributed by atoms with van der Waals surface area (Å²) in [4.78, 5) is 19.4. The van der Waals surface area contributed by atoms with E-state index in [1.165, 1.54) is 41.0 Å². The normalized spacial score (nSPS) is 16.6. The van der Waals surface area contributed by atoms with Gasteiger partial charge in [-0.2, -0.15) is 18.3 Å². The molecule has 0 bridgehead atoms. The smallest absolute Gasteiger partial charge is 0.378 e. The number of nitrogens with zero attached hydrogens (tertiary/aromatic N) is 4. The number of hydrogen-bond donors (Lipinski definition) is 2. The second-order valence-corrected chi connectivity index (χ2v) is 7.77. The summed E-state index contributed by atoms with van der Waals surface area (Å²) in [5.74, 6) is 0.316. The van der Waals surface area contributed by atoms with Crippen molar-refractivity contribution < 1.29 is 22.7 Å². The number of morpholine rings is 1. The number of allylic oxidation sites excluding steroid dienone is 1. The van der Waals surface area contributed by atoms with Crippen LogP contribution in [-0.4, -0.2) is 58.3 Å². The fourth-order valence-electron chi connectivity index (χ4n) is 3.99. The summed E-state index contributed by atoms with van der Waals surface area (Å²) in [7, 11) is 0. The molecule has 2 aromatic heterocycles. The molecular weight excluding hydrogens is 449 g/mol. The number of carbonyl (C=O) groups is 1. The van der Waals surface area contributed by atoms with Crippen molar-refractivity contribution in [2.24, 2.45) is 0 Å². The lowest BCUT2D eigenvalue weighted by Gasteiger charge is -2.33. The first-order valence-electron chi connectivity index (χ1n) is 10.7. The molecule has 2 aliphatic rings. The Kier molecular flexibility index (Phi) is 5.70. The third-order valence-electron chi connectivity index (χ3n) is 5.61. The second kappa shape index (κ2) is 8.82. The average molecular weight is 470 g/mol. The first-order chi connectivity index (χ1) is 16.4. The van der Waals surface area contributed by atoms with Crippen LogP contribution in [-0.2, 0) is 10.9 Å². The van der Waals surface area contributed by atoms with Crippen LogP contribution >= 0.6 is 0 Å². The Hall–Kier alpha value is -3.86. The van der Waals surface area contributed by atoms with Gasteiger partial charge in [0.25, 0.3) is 5.91 Å². The van der Waals surface area contributed by atoms with Crippen LogP contribution in [0.1, 0.15) is 16.1 Å². The third kappa shape index (κ3) is 4.21. The van der Waals surface area contributed by atoms with Crippen LogP contribution in [0.25, 0.3) is 16.9 Å². The molecule has 0 spiro atoms. The number of halogens is 3. The van der Waals surface area contributed by atoms with Crippen molar-refractivity contribution in [2.75, 3.05) is 32.8 Å². The topological polar surface area (TPSA) is 83.8 Å². The van der Waals surface area contributed by atoms with Crippen LogP contribution in [0, 0.1) is 0 Å². The van der Waals surface area contributed by atoms with Crippen LogP contribution in [0.3, 0.4) is 0 Å². The summed E-state index contributed by atoms with van der Waals surface area (Å²) in [6.45, 7) is 3.19. The molecule has 3 aromatic rings. The summed E-state index contributed by atoms with van der Waals surface area (Å²) >= 11 is 0. The van der Waals surface area contributed by atoms with E-state index in [0.717, 1.165) is 11.9 Å². The highest BCUT2D eigenvalue weighted by molar-refractivity contribution is 5.94. The molecule has 8 nitrogen and oxygen atoms in total. The predicted molar refractivity (Wildman–Crippen MR) is 117 cm³/mol. The maximum Gasteiger partial charge on any atom is 0.417 e. The van der Waals surface area contributed by atoms with Crippen molar-refractivity contribution in [2.45, 2.75) is 6.18 Å². The summed E-state index contributed by atoms with van der Waals surface area (Å²) in [6.07, 6.45) is 0.524. The first-order valence-corrected chi connectivity index (χ1v) is 10.7. The number of carbonyl (C=O) groups excluding carboxylic acids is 1. The number of benzene rings is 1. The minimum absolute atomic E-state index is 0.0753. The monoisotopic (exact) mass is 470 g/mol. The van der Waals surface area contributed by atoms with Crippen molar-refractivity contribution in [3.63, 3.8) is 0 Å². The van der Waals surface area contributed by atoms with E-state index in [1.54, 1.807) is 0 Å². The molecule has 1 saturated heterocycles. The zero-order chi connectivity index (χ0) is 23.7. The van der Waals surface area contributed by atoms with E-state index in [1.807, 2.05) is 12.2 Å². The van der Waals surface area contributed by atoms with Gasteiger partial charge in [0.1, 0.15) is 5.82 Å². The maximum atomic E-state index is 13.5. The molecule has 0 atom stereocenters. The zero-order valence-electron chi connectivity index (χ0n) is 18.0. The molecule has 5 rings (SSSR count). The van der Waals surface area contributed by atoms with Crippen LogP contribution in [0.4, 0.5) is 13.2 Å². The molecule has 1 amide bonds. The number of amides is 1. The van der Waals surface area contributed by atoms with E-state index < -0.39 is 17.6 Å². The zero-order valence-corrected chi connectivity index (χ0v) is 18.0. The molecule has 1 aromatic carbocycles. The van der Waals surface area contributed by atoms with Gasteiger partial charge in [-0.25, -0.2) is 9.50 Å². The number of hydrogen-bond acceptors (Lipinski definition) is 6. The minimum atomic E-state index is -4.54. The number of rotatable bonds is 4. The number of imidazole rings is 1. The Morgan fingerprint density at radius 3 is 2.71 bits per heavy atom. The number of alkyl halides is 3. The molecule has 2 N–H and O–H groups in total. The Morgan fingerprint density at radius 2 is 1.91 bits per heavy atom. The van der Waals surface area contributed by atoms with Crippen LogP contribution in [0.2, 0.25) is 0 Å².